The SMILES string of the molecule is CO/N=C/c1ccc(-c2ccc(C(C)=O)cc2)cc1. The fourth-order valence-corrected chi connectivity index (χ4v) is 1.77. The fourth-order valence-electron chi connectivity index (χ4n) is 1.77. The summed E-state index contributed by atoms with van der Waals surface area (Å²) < 4.78 is 0. The summed E-state index contributed by atoms with van der Waals surface area (Å²) in [4.78, 5) is 15.8. The van der Waals surface area contributed by atoms with E-state index in [1.54, 1.807) is 13.1 Å². The van der Waals surface area contributed by atoms with Gasteiger partial charge in [-0.2, -0.15) is 0 Å². The van der Waals surface area contributed by atoms with Crippen LogP contribution in [-0.2, 0) is 4.84 Å². The van der Waals surface area contributed by atoms with Crippen molar-refractivity contribution < 1.29 is 9.63 Å². The van der Waals surface area contributed by atoms with Crippen LogP contribution < -0.4 is 0 Å². The summed E-state index contributed by atoms with van der Waals surface area (Å²) in [6.45, 7) is 1.57. The molecule has 0 radical (unpaired) electrons. The van der Waals surface area contributed by atoms with Gasteiger partial charge in [0.1, 0.15) is 7.11 Å². The van der Waals surface area contributed by atoms with Crippen LogP contribution in [0.2, 0.25) is 0 Å². The molecule has 0 atom stereocenters. The molecule has 0 bridgehead atoms. The molecule has 0 heterocycles. The van der Waals surface area contributed by atoms with Crippen molar-refractivity contribution >= 4 is 12.0 Å². The van der Waals surface area contributed by atoms with Gasteiger partial charge in [0, 0.05) is 5.56 Å². The molecule has 3 heteroatoms. The smallest absolute Gasteiger partial charge is 0.159 e. The summed E-state index contributed by atoms with van der Waals surface area (Å²) in [6, 6.07) is 15.6. The van der Waals surface area contributed by atoms with E-state index in [2.05, 4.69) is 9.99 Å². The minimum Gasteiger partial charge on any atom is -0.399 e. The van der Waals surface area contributed by atoms with Crippen LogP contribution in [0.3, 0.4) is 0 Å². The van der Waals surface area contributed by atoms with Crippen molar-refractivity contribution in [3.63, 3.8) is 0 Å². The van der Waals surface area contributed by atoms with Crippen LogP contribution in [0.4, 0.5) is 0 Å². The van der Waals surface area contributed by atoms with E-state index in [4.69, 9.17) is 0 Å². The van der Waals surface area contributed by atoms with Crippen molar-refractivity contribution in [2.45, 2.75) is 6.92 Å². The molecule has 0 saturated carbocycles. The Morgan fingerprint density at radius 3 is 2.00 bits per heavy atom. The van der Waals surface area contributed by atoms with Crippen molar-refractivity contribution in [3.05, 3.63) is 59.7 Å². The van der Waals surface area contributed by atoms with E-state index in [1.165, 1.54) is 7.11 Å². The van der Waals surface area contributed by atoms with Crippen molar-refractivity contribution in [2.75, 3.05) is 7.11 Å². The first-order valence-corrected chi connectivity index (χ1v) is 5.98. The number of rotatable bonds is 4. The van der Waals surface area contributed by atoms with Crippen LogP contribution in [0.1, 0.15) is 22.8 Å². The Morgan fingerprint density at radius 1 is 1.00 bits per heavy atom. The molecule has 2 rings (SSSR count). The molecule has 0 aliphatic carbocycles. The Morgan fingerprint density at radius 2 is 1.53 bits per heavy atom. The minimum atomic E-state index is 0.0812. The lowest BCUT2D eigenvalue weighted by Crippen LogP contribution is -1.90. The summed E-state index contributed by atoms with van der Waals surface area (Å²) in [5.74, 6) is 0.0812. The summed E-state index contributed by atoms with van der Waals surface area (Å²) in [5, 5.41) is 3.71. The largest absolute Gasteiger partial charge is 0.399 e. The average molecular weight is 253 g/mol. The number of hydrogen-bond acceptors (Lipinski definition) is 3. The molecule has 3 nitrogen and oxygen atoms in total. The number of hydrogen-bond donors (Lipinski definition) is 0. The summed E-state index contributed by atoms with van der Waals surface area (Å²) in [7, 11) is 1.52. The van der Waals surface area contributed by atoms with E-state index < -0.39 is 0 Å². The molecule has 19 heavy (non-hydrogen) atoms. The predicted molar refractivity (Wildman–Crippen MR) is 76.5 cm³/mol. The van der Waals surface area contributed by atoms with Crippen LogP contribution in [0, 0.1) is 0 Å². The Bertz CT molecular complexity index is 583. The van der Waals surface area contributed by atoms with Crippen molar-refractivity contribution in [1.29, 1.82) is 0 Å². The lowest BCUT2D eigenvalue weighted by atomic mass is 10.0. The number of nitrogens with zero attached hydrogens (tertiary/aromatic N) is 1. The Hall–Kier alpha value is -2.42. The fraction of sp³-hybridized carbons (Fsp3) is 0.125. The molecule has 0 N–H and O–H groups in total. The van der Waals surface area contributed by atoms with Gasteiger partial charge in [-0.25, -0.2) is 0 Å². The van der Waals surface area contributed by atoms with Crippen molar-refractivity contribution in [2.24, 2.45) is 5.16 Å². The summed E-state index contributed by atoms with van der Waals surface area (Å²) in [5.41, 5.74) is 3.89. The van der Waals surface area contributed by atoms with Crippen LogP contribution in [0.15, 0.2) is 53.7 Å². The normalized spacial score (nSPS) is 10.6. The van der Waals surface area contributed by atoms with Crippen LogP contribution in [0.25, 0.3) is 11.1 Å². The molecule has 96 valence electrons. The highest BCUT2D eigenvalue weighted by Gasteiger charge is 2.01. The van der Waals surface area contributed by atoms with E-state index in [-0.39, 0.29) is 5.78 Å². The molecule has 0 aliphatic heterocycles. The average Bonchev–Trinajstić information content (AvgIpc) is 2.46. The first-order valence-electron chi connectivity index (χ1n) is 5.98. The lowest BCUT2D eigenvalue weighted by Gasteiger charge is -2.03. The number of oxime groups is 1. The monoisotopic (exact) mass is 253 g/mol. The Balaban J connectivity index is 2.22. The molecule has 0 spiro atoms. The molecule has 0 amide bonds. The summed E-state index contributed by atoms with van der Waals surface area (Å²) >= 11 is 0. The zero-order valence-electron chi connectivity index (χ0n) is 11.0. The zero-order valence-corrected chi connectivity index (χ0v) is 11.0. The molecule has 0 saturated heterocycles. The Labute approximate surface area is 112 Å². The van der Waals surface area contributed by atoms with Gasteiger partial charge in [-0.15, -0.1) is 0 Å². The van der Waals surface area contributed by atoms with Gasteiger partial charge in [-0.05, 0) is 23.6 Å². The second-order valence-electron chi connectivity index (χ2n) is 4.17. The summed E-state index contributed by atoms with van der Waals surface area (Å²) in [6.07, 6.45) is 1.66. The van der Waals surface area contributed by atoms with Crippen molar-refractivity contribution in [3.8, 4) is 11.1 Å². The highest BCUT2D eigenvalue weighted by atomic mass is 16.6. The minimum absolute atomic E-state index is 0.0812. The van der Waals surface area contributed by atoms with Gasteiger partial charge >= 0.3 is 0 Å². The Kier molecular flexibility index (Phi) is 4.08. The molecule has 0 aromatic heterocycles. The van der Waals surface area contributed by atoms with Gasteiger partial charge in [0.15, 0.2) is 5.78 Å². The van der Waals surface area contributed by atoms with Gasteiger partial charge in [-0.1, -0.05) is 53.7 Å². The highest BCUT2D eigenvalue weighted by Crippen LogP contribution is 2.20. The quantitative estimate of drug-likeness (QED) is 0.475. The molecular formula is C16H15NO2. The molecule has 0 aliphatic rings. The lowest BCUT2D eigenvalue weighted by molar-refractivity contribution is 0.101. The predicted octanol–water partition coefficient (Wildman–Crippen LogP) is 3.54. The van der Waals surface area contributed by atoms with E-state index >= 15 is 0 Å². The molecule has 2 aromatic rings. The topological polar surface area (TPSA) is 38.7 Å². The maximum atomic E-state index is 11.2. The third-order valence-electron chi connectivity index (χ3n) is 2.84. The highest BCUT2D eigenvalue weighted by molar-refractivity contribution is 5.94. The molecule has 0 unspecified atom stereocenters. The van der Waals surface area contributed by atoms with Gasteiger partial charge in [0.2, 0.25) is 0 Å². The van der Waals surface area contributed by atoms with Crippen LogP contribution in [0.5, 0.6) is 0 Å². The number of Topliss-reactive ketones (excluding diaryl/α,β-unsaturated/α-hetero) is 1. The van der Waals surface area contributed by atoms with Gasteiger partial charge in [-0.3, -0.25) is 4.79 Å². The van der Waals surface area contributed by atoms with E-state index in [0.29, 0.717) is 0 Å². The van der Waals surface area contributed by atoms with E-state index in [1.807, 2.05) is 48.5 Å². The molecular weight excluding hydrogens is 238 g/mol. The van der Waals surface area contributed by atoms with Gasteiger partial charge in [0.05, 0.1) is 6.21 Å². The zero-order chi connectivity index (χ0) is 13.7. The third-order valence-corrected chi connectivity index (χ3v) is 2.84. The first-order chi connectivity index (χ1) is 9.20. The number of carbonyl (C=O) groups excluding carboxylic acids is 1. The second-order valence-corrected chi connectivity index (χ2v) is 4.17. The van der Waals surface area contributed by atoms with Crippen LogP contribution in [-0.4, -0.2) is 19.1 Å². The first kappa shape index (κ1) is 13.0. The second kappa shape index (κ2) is 5.96. The van der Waals surface area contributed by atoms with E-state index in [0.717, 1.165) is 22.3 Å². The van der Waals surface area contributed by atoms with Crippen molar-refractivity contribution in [1.82, 2.24) is 0 Å². The third kappa shape index (κ3) is 3.28. The molecule has 2 aromatic carbocycles. The van der Waals surface area contributed by atoms with E-state index in [9.17, 15) is 4.79 Å². The molecule has 0 fully saturated rings. The number of carbonyl (C=O) groups is 1. The van der Waals surface area contributed by atoms with Gasteiger partial charge in [0.25, 0.3) is 0 Å². The number of ketones is 1. The maximum Gasteiger partial charge on any atom is 0.159 e. The maximum absolute atomic E-state index is 11.2. The van der Waals surface area contributed by atoms with Crippen LogP contribution >= 0.6 is 0 Å². The van der Waals surface area contributed by atoms with Gasteiger partial charge < -0.3 is 4.84 Å². The standard InChI is InChI=1S/C16H15NO2/c1-12(18)14-7-9-16(10-8-14)15-5-3-13(4-6-15)11-17-19-2/h3-11H,1-2H3/b17-11+. The number of benzene rings is 2.